The van der Waals surface area contributed by atoms with Gasteiger partial charge in [-0.15, -0.1) is 0 Å². The van der Waals surface area contributed by atoms with Crippen LogP contribution in [0.25, 0.3) is 11.2 Å². The number of nitrogens with two attached hydrogens (primary N) is 1. The Morgan fingerprint density at radius 1 is 1.30 bits per heavy atom. The van der Waals surface area contributed by atoms with E-state index in [0.29, 0.717) is 10.6 Å². The Balaban J connectivity index is 0.000000151. The summed E-state index contributed by atoms with van der Waals surface area (Å²) in [5, 5.41) is 0. The van der Waals surface area contributed by atoms with Crippen LogP contribution in [0.4, 0.5) is 5.69 Å². The van der Waals surface area contributed by atoms with Crippen LogP contribution < -0.4 is 11.3 Å². The zero-order valence-electron chi connectivity index (χ0n) is 11.1. The van der Waals surface area contributed by atoms with Gasteiger partial charge in [-0.1, -0.05) is 0 Å². The van der Waals surface area contributed by atoms with Crippen LogP contribution in [0.5, 0.6) is 0 Å². The Hall–Kier alpha value is -2.41. The van der Waals surface area contributed by atoms with Crippen LogP contribution in [0, 0.1) is 18.7 Å². The highest BCUT2D eigenvalue weighted by molar-refractivity contribution is 7.71. The first-order chi connectivity index (χ1) is 9.45. The summed E-state index contributed by atoms with van der Waals surface area (Å²) >= 11 is 4.79. The molecule has 0 fully saturated rings. The van der Waals surface area contributed by atoms with Gasteiger partial charge in [0.2, 0.25) is 5.71 Å². The van der Waals surface area contributed by atoms with Crippen LogP contribution in [0.2, 0.25) is 0 Å². The SMILES string of the molecule is Cc1c[nH]c(=O)c(N)c1.Cc1cnc2oc(=S)[nH]c2c1. The molecular weight excluding hydrogens is 276 g/mol. The van der Waals surface area contributed by atoms with Crippen molar-refractivity contribution in [1.29, 1.82) is 0 Å². The lowest BCUT2D eigenvalue weighted by atomic mass is 10.3. The maximum Gasteiger partial charge on any atom is 0.271 e. The number of aromatic nitrogens is 3. The quantitative estimate of drug-likeness (QED) is 0.552. The summed E-state index contributed by atoms with van der Waals surface area (Å²) in [6, 6.07) is 3.58. The molecule has 0 aliphatic rings. The molecule has 0 radical (unpaired) electrons. The number of hydrogen-bond donors (Lipinski definition) is 3. The number of aryl methyl sites for hydroxylation is 2. The number of H-pyrrole nitrogens is 2. The second kappa shape index (κ2) is 5.70. The zero-order chi connectivity index (χ0) is 14.7. The molecule has 3 heterocycles. The Kier molecular flexibility index (Phi) is 3.99. The number of hydrogen-bond acceptors (Lipinski definition) is 5. The second-order valence-electron chi connectivity index (χ2n) is 4.34. The fourth-order valence-corrected chi connectivity index (χ4v) is 1.75. The van der Waals surface area contributed by atoms with E-state index in [9.17, 15) is 4.79 Å². The third kappa shape index (κ3) is 3.33. The molecule has 4 N–H and O–H groups in total. The van der Waals surface area contributed by atoms with E-state index in [1.807, 2.05) is 19.9 Å². The third-order valence-corrected chi connectivity index (χ3v) is 2.68. The van der Waals surface area contributed by atoms with Gasteiger partial charge in [-0.2, -0.15) is 0 Å². The van der Waals surface area contributed by atoms with Gasteiger partial charge in [-0.05, 0) is 49.3 Å². The maximum atomic E-state index is 10.6. The fourth-order valence-electron chi connectivity index (χ4n) is 1.57. The van der Waals surface area contributed by atoms with Crippen molar-refractivity contribution in [2.75, 3.05) is 5.73 Å². The number of nitrogen functional groups attached to an aromatic ring is 1. The summed E-state index contributed by atoms with van der Waals surface area (Å²) < 4.78 is 5.07. The molecule has 0 atom stereocenters. The molecule has 0 amide bonds. The second-order valence-corrected chi connectivity index (χ2v) is 4.71. The summed E-state index contributed by atoms with van der Waals surface area (Å²) in [4.78, 5) is 20.4. The molecule has 20 heavy (non-hydrogen) atoms. The number of nitrogens with zero attached hydrogens (tertiary/aromatic N) is 1. The number of anilines is 1. The number of oxazole rings is 1. The first-order valence-electron chi connectivity index (χ1n) is 5.86. The Labute approximate surface area is 119 Å². The van der Waals surface area contributed by atoms with Gasteiger partial charge < -0.3 is 20.1 Å². The smallest absolute Gasteiger partial charge is 0.271 e. The highest BCUT2D eigenvalue weighted by Gasteiger charge is 1.98. The Morgan fingerprint density at radius 2 is 2.05 bits per heavy atom. The molecule has 104 valence electrons. The minimum absolute atomic E-state index is 0.222. The third-order valence-electron chi connectivity index (χ3n) is 2.49. The number of rotatable bonds is 0. The summed E-state index contributed by atoms with van der Waals surface area (Å²) in [5.41, 5.74) is 8.81. The van der Waals surface area contributed by atoms with Crippen molar-refractivity contribution in [2.24, 2.45) is 0 Å². The van der Waals surface area contributed by atoms with Crippen molar-refractivity contribution in [1.82, 2.24) is 15.0 Å². The predicted octanol–water partition coefficient (Wildman–Crippen LogP) is 2.46. The summed E-state index contributed by atoms with van der Waals surface area (Å²) in [6.45, 7) is 3.84. The van der Waals surface area contributed by atoms with Crippen LogP contribution >= 0.6 is 12.2 Å². The normalized spacial score (nSPS) is 10.1. The lowest BCUT2D eigenvalue weighted by molar-refractivity contribution is 0.572. The molecule has 3 aromatic heterocycles. The molecule has 0 unspecified atom stereocenters. The van der Waals surface area contributed by atoms with Crippen LogP contribution in [-0.4, -0.2) is 15.0 Å². The van der Waals surface area contributed by atoms with Gasteiger partial charge in [-0.3, -0.25) is 4.79 Å². The average molecular weight is 290 g/mol. The first kappa shape index (κ1) is 14.0. The van der Waals surface area contributed by atoms with Crippen molar-refractivity contribution in [2.45, 2.75) is 13.8 Å². The van der Waals surface area contributed by atoms with Crippen LogP contribution in [0.15, 0.2) is 33.7 Å². The average Bonchev–Trinajstić information content (AvgIpc) is 2.74. The molecule has 3 rings (SSSR count). The molecule has 3 aromatic rings. The topological polar surface area (TPSA) is 101 Å². The van der Waals surface area contributed by atoms with Gasteiger partial charge in [-0.25, -0.2) is 4.98 Å². The van der Waals surface area contributed by atoms with Crippen molar-refractivity contribution in [3.05, 3.63) is 50.8 Å². The van der Waals surface area contributed by atoms with E-state index in [1.165, 1.54) is 0 Å². The van der Waals surface area contributed by atoms with Gasteiger partial charge in [0.25, 0.3) is 10.4 Å². The highest BCUT2D eigenvalue weighted by atomic mass is 32.1. The molecule has 0 aliphatic carbocycles. The van der Waals surface area contributed by atoms with E-state index >= 15 is 0 Å². The molecule has 0 aromatic carbocycles. The molecule has 7 heteroatoms. The van der Waals surface area contributed by atoms with Crippen LogP contribution in [-0.2, 0) is 0 Å². The van der Waals surface area contributed by atoms with Crippen molar-refractivity contribution >= 4 is 29.1 Å². The van der Waals surface area contributed by atoms with Gasteiger partial charge in [0.05, 0.1) is 5.69 Å². The largest absolute Gasteiger partial charge is 0.410 e. The van der Waals surface area contributed by atoms with E-state index in [4.69, 9.17) is 22.4 Å². The van der Waals surface area contributed by atoms with Crippen molar-refractivity contribution < 1.29 is 4.42 Å². The van der Waals surface area contributed by atoms with E-state index < -0.39 is 0 Å². The molecule has 0 saturated carbocycles. The molecule has 0 bridgehead atoms. The minimum atomic E-state index is -0.222. The van der Waals surface area contributed by atoms with Crippen molar-refractivity contribution in [3.63, 3.8) is 0 Å². The lowest BCUT2D eigenvalue weighted by Crippen LogP contribution is -2.10. The van der Waals surface area contributed by atoms with Crippen LogP contribution in [0.3, 0.4) is 0 Å². The Bertz CT molecular complexity index is 847. The molecule has 0 aliphatic heterocycles. The van der Waals surface area contributed by atoms with E-state index in [0.717, 1.165) is 16.6 Å². The molecular formula is C13H14N4O2S. The van der Waals surface area contributed by atoms with Crippen molar-refractivity contribution in [3.8, 4) is 0 Å². The monoisotopic (exact) mass is 290 g/mol. The van der Waals surface area contributed by atoms with Gasteiger partial charge in [0.1, 0.15) is 5.52 Å². The summed E-state index contributed by atoms with van der Waals surface area (Å²) in [6.07, 6.45) is 3.37. The molecule has 0 saturated heterocycles. The van der Waals surface area contributed by atoms with E-state index in [1.54, 1.807) is 18.5 Å². The highest BCUT2D eigenvalue weighted by Crippen LogP contribution is 2.10. The number of nitrogens with one attached hydrogen (secondary N) is 2. The van der Waals surface area contributed by atoms with E-state index in [-0.39, 0.29) is 11.2 Å². The fraction of sp³-hybridized carbons (Fsp3) is 0.154. The first-order valence-corrected chi connectivity index (χ1v) is 6.27. The molecule has 6 nitrogen and oxygen atoms in total. The van der Waals surface area contributed by atoms with Gasteiger partial charge in [0.15, 0.2) is 0 Å². The van der Waals surface area contributed by atoms with E-state index in [2.05, 4.69) is 15.0 Å². The standard InChI is InChI=1S/C7H6N2OS.C6H8N2O/c1-4-2-5-6(8-3-4)10-7(11)9-5;1-4-2-5(7)6(9)8-3-4/h2-3H,1H3,(H,9,11);2-3H,7H2,1H3,(H,8,9). The minimum Gasteiger partial charge on any atom is -0.410 e. The molecule has 0 spiro atoms. The maximum absolute atomic E-state index is 10.6. The number of aromatic amines is 2. The van der Waals surface area contributed by atoms with Crippen LogP contribution in [0.1, 0.15) is 11.1 Å². The van der Waals surface area contributed by atoms with Gasteiger partial charge in [0, 0.05) is 12.4 Å². The lowest BCUT2D eigenvalue weighted by Gasteiger charge is -1.91. The zero-order valence-corrected chi connectivity index (χ0v) is 11.9. The summed E-state index contributed by atoms with van der Waals surface area (Å²) in [5.74, 6) is 0. The number of pyridine rings is 2. The number of fused-ring (bicyclic) bond motifs is 1. The summed E-state index contributed by atoms with van der Waals surface area (Å²) in [7, 11) is 0. The van der Waals surface area contributed by atoms with Gasteiger partial charge >= 0.3 is 0 Å². The Morgan fingerprint density at radius 3 is 2.70 bits per heavy atom. The predicted molar refractivity (Wildman–Crippen MR) is 80.1 cm³/mol.